The summed E-state index contributed by atoms with van der Waals surface area (Å²) >= 11 is 0. The first kappa shape index (κ1) is 10.0. The lowest BCUT2D eigenvalue weighted by Gasteiger charge is -2.07. The van der Waals surface area contributed by atoms with Gasteiger partial charge in [0.15, 0.2) is 0 Å². The molecule has 15 heavy (non-hydrogen) atoms. The third-order valence-electron chi connectivity index (χ3n) is 2.87. The molecule has 0 atom stereocenters. The zero-order valence-electron chi connectivity index (χ0n) is 8.99. The topological polar surface area (TPSA) is 33.0 Å². The van der Waals surface area contributed by atoms with E-state index in [4.69, 9.17) is 10.00 Å². The number of nitriles is 1. The van der Waals surface area contributed by atoms with Crippen LogP contribution in [0.25, 0.3) is 0 Å². The van der Waals surface area contributed by atoms with Crippen molar-refractivity contribution >= 4 is 0 Å². The quantitative estimate of drug-likeness (QED) is 0.750. The molecule has 1 aliphatic rings. The van der Waals surface area contributed by atoms with Crippen molar-refractivity contribution in [1.29, 1.82) is 5.26 Å². The van der Waals surface area contributed by atoms with Crippen LogP contribution in [0.5, 0.6) is 5.75 Å². The van der Waals surface area contributed by atoms with Gasteiger partial charge in [-0.2, -0.15) is 5.26 Å². The number of hydrogen-bond acceptors (Lipinski definition) is 2. The fourth-order valence-corrected chi connectivity index (χ4v) is 1.74. The van der Waals surface area contributed by atoms with E-state index < -0.39 is 0 Å². The van der Waals surface area contributed by atoms with Gasteiger partial charge in [0, 0.05) is 0 Å². The van der Waals surface area contributed by atoms with Crippen LogP contribution in [0.15, 0.2) is 24.3 Å². The minimum Gasteiger partial charge on any atom is -0.494 e. The minimum absolute atomic E-state index is 0.0485. The Bertz CT molecular complexity index is 371. The first-order chi connectivity index (χ1) is 7.28. The number of rotatable bonds is 4. The molecule has 1 aromatic rings. The van der Waals surface area contributed by atoms with Crippen molar-refractivity contribution in [3.05, 3.63) is 29.8 Å². The van der Waals surface area contributed by atoms with Gasteiger partial charge < -0.3 is 4.74 Å². The summed E-state index contributed by atoms with van der Waals surface area (Å²) in [7, 11) is 0. The maximum Gasteiger partial charge on any atom is 0.119 e. The van der Waals surface area contributed by atoms with E-state index in [9.17, 15) is 0 Å². The number of ether oxygens (including phenoxy) is 1. The zero-order chi connectivity index (χ0) is 10.7. The predicted molar refractivity (Wildman–Crippen MR) is 58.6 cm³/mol. The Kier molecular flexibility index (Phi) is 2.64. The van der Waals surface area contributed by atoms with Gasteiger partial charge >= 0.3 is 0 Å². The summed E-state index contributed by atoms with van der Waals surface area (Å²) in [4.78, 5) is 0. The molecular formula is C13H15NO. The summed E-state index contributed by atoms with van der Waals surface area (Å²) in [5.41, 5.74) is 1.19. The van der Waals surface area contributed by atoms with Crippen molar-refractivity contribution in [3.8, 4) is 11.8 Å². The van der Waals surface area contributed by atoms with E-state index in [1.165, 1.54) is 5.56 Å². The summed E-state index contributed by atoms with van der Waals surface area (Å²) in [5, 5.41) is 8.98. The van der Waals surface area contributed by atoms with Gasteiger partial charge in [-0.15, -0.1) is 0 Å². The maximum atomic E-state index is 8.98. The smallest absolute Gasteiger partial charge is 0.119 e. The second-order valence-electron chi connectivity index (χ2n) is 4.15. The lowest BCUT2D eigenvalue weighted by atomic mass is 9.98. The molecule has 2 nitrogen and oxygen atoms in total. The highest BCUT2D eigenvalue weighted by Crippen LogP contribution is 2.47. The number of nitrogens with zero attached hydrogens (tertiary/aromatic N) is 1. The van der Waals surface area contributed by atoms with Crippen LogP contribution in [0, 0.1) is 16.7 Å². The van der Waals surface area contributed by atoms with Gasteiger partial charge in [0.05, 0.1) is 18.1 Å². The second-order valence-corrected chi connectivity index (χ2v) is 4.15. The molecule has 0 bridgehead atoms. The Morgan fingerprint density at radius 3 is 2.47 bits per heavy atom. The summed E-state index contributed by atoms with van der Waals surface area (Å²) in [5.74, 6) is 0.906. The van der Waals surface area contributed by atoms with Gasteiger partial charge in [0.1, 0.15) is 5.75 Å². The molecule has 0 aliphatic heterocycles. The van der Waals surface area contributed by atoms with Crippen LogP contribution in [0.2, 0.25) is 0 Å². The lowest BCUT2D eigenvalue weighted by Crippen LogP contribution is -2.01. The van der Waals surface area contributed by atoms with Gasteiger partial charge in [-0.1, -0.05) is 12.1 Å². The molecule has 0 saturated heterocycles. The Morgan fingerprint density at radius 2 is 2.00 bits per heavy atom. The van der Waals surface area contributed by atoms with Crippen LogP contribution in [0.1, 0.15) is 25.3 Å². The highest BCUT2D eigenvalue weighted by Gasteiger charge is 2.42. The van der Waals surface area contributed by atoms with Crippen LogP contribution in [0.4, 0.5) is 0 Å². The minimum atomic E-state index is -0.0485. The molecule has 1 fully saturated rings. The first-order valence-electron chi connectivity index (χ1n) is 5.41. The molecule has 78 valence electrons. The van der Waals surface area contributed by atoms with E-state index in [1.54, 1.807) is 0 Å². The van der Waals surface area contributed by atoms with E-state index in [0.717, 1.165) is 25.0 Å². The van der Waals surface area contributed by atoms with Crippen molar-refractivity contribution in [2.45, 2.75) is 26.2 Å². The first-order valence-corrected chi connectivity index (χ1v) is 5.41. The van der Waals surface area contributed by atoms with E-state index in [-0.39, 0.29) is 5.41 Å². The van der Waals surface area contributed by atoms with Gasteiger partial charge in [0.25, 0.3) is 0 Å². The SMILES string of the molecule is CCOc1ccc(CC2(C#N)CC2)cc1. The van der Waals surface area contributed by atoms with Gasteiger partial charge in [-0.05, 0) is 43.9 Å². The van der Waals surface area contributed by atoms with Crippen LogP contribution in [-0.4, -0.2) is 6.61 Å². The standard InChI is InChI=1S/C13H15NO/c1-2-15-12-5-3-11(4-6-12)9-13(10-14)7-8-13/h3-6H,2,7-9H2,1H3. The third-order valence-corrected chi connectivity index (χ3v) is 2.87. The van der Waals surface area contributed by atoms with E-state index >= 15 is 0 Å². The molecular weight excluding hydrogens is 186 g/mol. The summed E-state index contributed by atoms with van der Waals surface area (Å²) in [6.07, 6.45) is 2.99. The van der Waals surface area contributed by atoms with Gasteiger partial charge in [-0.3, -0.25) is 0 Å². The normalized spacial score (nSPS) is 16.8. The Labute approximate surface area is 90.5 Å². The highest BCUT2D eigenvalue weighted by molar-refractivity contribution is 5.30. The number of benzene rings is 1. The van der Waals surface area contributed by atoms with Gasteiger partial charge in [-0.25, -0.2) is 0 Å². The Balaban J connectivity index is 2.02. The van der Waals surface area contributed by atoms with Crippen molar-refractivity contribution in [2.75, 3.05) is 6.61 Å². The Hall–Kier alpha value is -1.49. The largest absolute Gasteiger partial charge is 0.494 e. The highest BCUT2D eigenvalue weighted by atomic mass is 16.5. The molecule has 0 amide bonds. The zero-order valence-corrected chi connectivity index (χ0v) is 8.99. The molecule has 0 aromatic heterocycles. The average Bonchev–Trinajstić information content (AvgIpc) is 3.02. The predicted octanol–water partition coefficient (Wildman–Crippen LogP) is 2.93. The van der Waals surface area contributed by atoms with Crippen LogP contribution in [-0.2, 0) is 6.42 Å². The number of hydrogen-bond donors (Lipinski definition) is 0. The monoisotopic (exact) mass is 201 g/mol. The van der Waals surface area contributed by atoms with Crippen molar-refractivity contribution in [1.82, 2.24) is 0 Å². The summed E-state index contributed by atoms with van der Waals surface area (Å²) < 4.78 is 5.37. The van der Waals surface area contributed by atoms with Crippen molar-refractivity contribution in [2.24, 2.45) is 5.41 Å². The van der Waals surface area contributed by atoms with E-state index in [2.05, 4.69) is 18.2 Å². The van der Waals surface area contributed by atoms with Crippen molar-refractivity contribution in [3.63, 3.8) is 0 Å². The molecule has 2 rings (SSSR count). The van der Waals surface area contributed by atoms with Gasteiger partial charge in [0.2, 0.25) is 0 Å². The van der Waals surface area contributed by atoms with E-state index in [0.29, 0.717) is 6.61 Å². The summed E-state index contributed by atoms with van der Waals surface area (Å²) in [6.45, 7) is 2.67. The molecule has 2 heteroatoms. The fourth-order valence-electron chi connectivity index (χ4n) is 1.74. The third kappa shape index (κ3) is 2.30. The molecule has 0 heterocycles. The lowest BCUT2D eigenvalue weighted by molar-refractivity contribution is 0.340. The van der Waals surface area contributed by atoms with Crippen molar-refractivity contribution < 1.29 is 4.74 Å². The molecule has 0 N–H and O–H groups in total. The Morgan fingerprint density at radius 1 is 1.33 bits per heavy atom. The average molecular weight is 201 g/mol. The molecule has 0 unspecified atom stereocenters. The maximum absolute atomic E-state index is 8.98. The second kappa shape index (κ2) is 3.94. The van der Waals surface area contributed by atoms with Crippen LogP contribution in [0.3, 0.4) is 0 Å². The summed E-state index contributed by atoms with van der Waals surface area (Å²) in [6, 6.07) is 10.5. The molecule has 1 saturated carbocycles. The molecule has 0 radical (unpaired) electrons. The molecule has 0 spiro atoms. The van der Waals surface area contributed by atoms with Crippen LogP contribution < -0.4 is 4.74 Å². The molecule has 1 aromatic carbocycles. The van der Waals surface area contributed by atoms with E-state index in [1.807, 2.05) is 19.1 Å². The fraction of sp³-hybridized carbons (Fsp3) is 0.462. The molecule has 1 aliphatic carbocycles. The van der Waals surface area contributed by atoms with Crippen LogP contribution >= 0.6 is 0 Å².